The topological polar surface area (TPSA) is 195 Å². The van der Waals surface area contributed by atoms with E-state index in [0.717, 1.165) is 70.6 Å². The Kier molecular flexibility index (Phi) is 31.9. The summed E-state index contributed by atoms with van der Waals surface area (Å²) in [6.07, 6.45) is 37.4. The third-order valence-electron chi connectivity index (χ3n) is 9.37. The Morgan fingerprint density at radius 3 is 2.07 bits per heavy atom. The first-order chi connectivity index (χ1) is 28.0. The quantitative estimate of drug-likeness (QED) is 0.0180. The summed E-state index contributed by atoms with van der Waals surface area (Å²) in [5, 5.41) is 31.3. The Morgan fingerprint density at radius 1 is 0.776 bits per heavy atom. The number of aliphatic hydroxyl groups is 3. The Labute approximate surface area is 348 Å². The number of carbonyl (C=O) groups excluding carboxylic acids is 2. The monoisotopic (exact) mass is 835 g/mol. The molecule has 0 aromatic rings. The van der Waals surface area contributed by atoms with Crippen LogP contribution >= 0.6 is 7.82 Å². The summed E-state index contributed by atoms with van der Waals surface area (Å²) in [6.45, 7) is 3.06. The molecule has 58 heavy (non-hydrogen) atoms. The lowest BCUT2D eigenvalue weighted by molar-refractivity contribution is -0.160. The van der Waals surface area contributed by atoms with E-state index in [1.807, 2.05) is 0 Å². The van der Waals surface area contributed by atoms with Gasteiger partial charge in [0.1, 0.15) is 6.61 Å². The van der Waals surface area contributed by atoms with Crippen LogP contribution in [0.15, 0.2) is 85.1 Å². The second-order valence-electron chi connectivity index (χ2n) is 14.5. The van der Waals surface area contributed by atoms with Gasteiger partial charge in [0.25, 0.3) is 0 Å². The van der Waals surface area contributed by atoms with Gasteiger partial charge in [0.05, 0.1) is 37.9 Å². The SMILES string of the molecule is CC/C=C\C/C=C\C/C=C\C/C=C\C/C=C\CCCCCC(=O)OC[C@H](COP(=O)(O)OCCN)OC(=O)C/C=C\C[C@H]1[C@@H](/C=C/[C@H](O)CCCCC)[C@H](O)C[C@@H]1O. The summed E-state index contributed by atoms with van der Waals surface area (Å²) in [5.41, 5.74) is 5.34. The van der Waals surface area contributed by atoms with Crippen LogP contribution in [0.4, 0.5) is 0 Å². The molecule has 1 unspecified atom stereocenters. The van der Waals surface area contributed by atoms with Crippen LogP contribution in [-0.4, -0.2) is 82.9 Å². The van der Waals surface area contributed by atoms with Crippen molar-refractivity contribution in [2.75, 3.05) is 26.4 Å². The first-order valence-electron chi connectivity index (χ1n) is 21.3. The highest BCUT2D eigenvalue weighted by atomic mass is 31.2. The first kappa shape index (κ1) is 53.1. The second-order valence-corrected chi connectivity index (χ2v) is 15.9. The Bertz CT molecular complexity index is 1340. The number of rotatable bonds is 34. The van der Waals surface area contributed by atoms with E-state index in [0.29, 0.717) is 19.3 Å². The van der Waals surface area contributed by atoms with Gasteiger partial charge in [0.15, 0.2) is 6.10 Å². The summed E-state index contributed by atoms with van der Waals surface area (Å²) >= 11 is 0. The molecule has 0 aromatic carbocycles. The van der Waals surface area contributed by atoms with E-state index in [9.17, 15) is 34.4 Å². The molecule has 0 amide bonds. The molecule has 6 N–H and O–H groups in total. The third kappa shape index (κ3) is 28.5. The smallest absolute Gasteiger partial charge is 0.462 e. The number of unbranched alkanes of at least 4 members (excludes halogenated alkanes) is 5. The predicted molar refractivity (Wildman–Crippen MR) is 230 cm³/mol. The molecule has 0 aliphatic heterocycles. The molecule has 7 atom stereocenters. The molecular weight excluding hydrogens is 761 g/mol. The van der Waals surface area contributed by atoms with Gasteiger partial charge in [-0.3, -0.25) is 18.6 Å². The fraction of sp³-hybridized carbons (Fsp3) is 0.644. The molecule has 0 heterocycles. The molecule has 330 valence electrons. The summed E-state index contributed by atoms with van der Waals surface area (Å²) in [6, 6.07) is 0. The number of esters is 2. The molecule has 1 saturated carbocycles. The number of hydrogen-bond acceptors (Lipinski definition) is 11. The van der Waals surface area contributed by atoms with Crippen molar-refractivity contribution in [3.8, 4) is 0 Å². The largest absolute Gasteiger partial charge is 0.472 e. The number of ether oxygens (including phenoxy) is 2. The van der Waals surface area contributed by atoms with Crippen molar-refractivity contribution in [2.45, 2.75) is 147 Å². The lowest BCUT2D eigenvalue weighted by atomic mass is 9.89. The summed E-state index contributed by atoms with van der Waals surface area (Å²) in [5.74, 6) is -1.82. The number of hydrogen-bond donors (Lipinski definition) is 5. The van der Waals surface area contributed by atoms with Gasteiger partial charge in [0.2, 0.25) is 0 Å². The molecule has 1 aliphatic rings. The van der Waals surface area contributed by atoms with E-state index in [1.54, 1.807) is 24.3 Å². The van der Waals surface area contributed by atoms with Crippen LogP contribution in [0, 0.1) is 11.8 Å². The summed E-state index contributed by atoms with van der Waals surface area (Å²) < 4.78 is 32.7. The summed E-state index contributed by atoms with van der Waals surface area (Å²) in [4.78, 5) is 35.1. The van der Waals surface area contributed by atoms with Crippen LogP contribution < -0.4 is 5.73 Å². The van der Waals surface area contributed by atoms with E-state index in [1.165, 1.54) is 0 Å². The fourth-order valence-electron chi connectivity index (χ4n) is 6.16. The standard InChI is InChI=1S/C45H74NO11P/c1-3-5-7-8-9-10-11-12-13-14-15-16-17-18-19-20-21-22-24-29-44(50)54-36-39(37-56-58(52,53)55-34-33-46)57-45(51)30-26-25-28-40-41(43(49)35-42(40)48)32-31-38(47)27-23-6-4-2/h5,7,9-10,12-13,15-16,18-19,25-26,31-32,38-43,47-49H,3-4,6,8,11,14,17,20-24,27-30,33-37,46H2,1-2H3,(H,52,53)/b7-5-,10-9-,13-12-,16-15-,19-18-,26-25-,32-31+/t38-,39-,40+,41-,42+,43-/m1/s1. The normalized spacial score (nSPS) is 21.2. The van der Waals surface area contributed by atoms with Crippen LogP contribution in [-0.2, 0) is 32.7 Å². The van der Waals surface area contributed by atoms with Gasteiger partial charge in [-0.25, -0.2) is 4.57 Å². The Morgan fingerprint density at radius 2 is 1.43 bits per heavy atom. The molecule has 0 bridgehead atoms. The van der Waals surface area contributed by atoms with Crippen LogP contribution in [0.2, 0.25) is 0 Å². The number of phosphoric ester groups is 1. The first-order valence-corrected chi connectivity index (χ1v) is 22.8. The predicted octanol–water partition coefficient (Wildman–Crippen LogP) is 8.43. The fourth-order valence-corrected chi connectivity index (χ4v) is 6.93. The van der Waals surface area contributed by atoms with E-state index < -0.39 is 50.8 Å². The van der Waals surface area contributed by atoms with Crippen LogP contribution in [0.1, 0.15) is 123 Å². The van der Waals surface area contributed by atoms with Crippen LogP contribution in [0.25, 0.3) is 0 Å². The molecule has 12 nitrogen and oxygen atoms in total. The molecule has 1 aliphatic carbocycles. The highest BCUT2D eigenvalue weighted by Crippen LogP contribution is 2.43. The molecule has 1 rings (SSSR count). The average molecular weight is 836 g/mol. The van der Waals surface area contributed by atoms with Crippen molar-refractivity contribution in [1.29, 1.82) is 0 Å². The highest BCUT2D eigenvalue weighted by Gasteiger charge is 2.39. The zero-order valence-electron chi connectivity index (χ0n) is 35.1. The maximum Gasteiger partial charge on any atom is 0.472 e. The van der Waals surface area contributed by atoms with Gasteiger partial charge < -0.3 is 35.4 Å². The zero-order chi connectivity index (χ0) is 42.7. The van der Waals surface area contributed by atoms with Gasteiger partial charge in [-0.05, 0) is 70.1 Å². The van der Waals surface area contributed by atoms with Gasteiger partial charge in [-0.1, -0.05) is 125 Å². The number of allylic oxidation sites excluding steroid dienone is 11. The molecular formula is C45H74NO11P. The van der Waals surface area contributed by atoms with Crippen molar-refractivity contribution < 1.29 is 52.9 Å². The highest BCUT2D eigenvalue weighted by molar-refractivity contribution is 7.47. The number of aliphatic hydroxyl groups excluding tert-OH is 3. The third-order valence-corrected chi connectivity index (χ3v) is 10.4. The lowest BCUT2D eigenvalue weighted by Gasteiger charge is -2.20. The van der Waals surface area contributed by atoms with Gasteiger partial charge in [-0.15, -0.1) is 0 Å². The van der Waals surface area contributed by atoms with Crippen molar-refractivity contribution in [2.24, 2.45) is 17.6 Å². The van der Waals surface area contributed by atoms with Crippen molar-refractivity contribution in [3.63, 3.8) is 0 Å². The number of carbonyl (C=O) groups is 2. The molecule has 0 spiro atoms. The van der Waals surface area contributed by atoms with Gasteiger partial charge >= 0.3 is 19.8 Å². The maximum atomic E-state index is 12.7. The van der Waals surface area contributed by atoms with E-state index >= 15 is 0 Å². The Hall–Kier alpha value is -2.93. The van der Waals surface area contributed by atoms with E-state index in [2.05, 4.69) is 74.6 Å². The minimum Gasteiger partial charge on any atom is -0.462 e. The number of phosphoric acid groups is 1. The van der Waals surface area contributed by atoms with Crippen LogP contribution in [0.5, 0.6) is 0 Å². The molecule has 13 heteroatoms. The molecule has 1 fully saturated rings. The Balaban J connectivity index is 2.48. The van der Waals surface area contributed by atoms with Crippen molar-refractivity contribution in [1.82, 2.24) is 0 Å². The maximum absolute atomic E-state index is 12.7. The molecule has 0 radical (unpaired) electrons. The summed E-state index contributed by atoms with van der Waals surface area (Å²) in [7, 11) is -4.49. The van der Waals surface area contributed by atoms with E-state index in [-0.39, 0.29) is 50.9 Å². The minimum absolute atomic E-state index is 0.00648. The molecule has 0 aromatic heterocycles. The zero-order valence-corrected chi connectivity index (χ0v) is 36.0. The van der Waals surface area contributed by atoms with Crippen molar-refractivity contribution in [3.05, 3.63) is 85.1 Å². The van der Waals surface area contributed by atoms with Gasteiger partial charge in [-0.2, -0.15) is 0 Å². The molecule has 0 saturated heterocycles. The lowest BCUT2D eigenvalue weighted by Crippen LogP contribution is -2.29. The average Bonchev–Trinajstić information content (AvgIpc) is 3.47. The van der Waals surface area contributed by atoms with Gasteiger partial charge in [0, 0.05) is 25.3 Å². The van der Waals surface area contributed by atoms with Crippen molar-refractivity contribution >= 4 is 19.8 Å². The minimum atomic E-state index is -4.49. The van der Waals surface area contributed by atoms with E-state index in [4.69, 9.17) is 24.3 Å². The second kappa shape index (κ2) is 34.9. The van der Waals surface area contributed by atoms with Crippen LogP contribution in [0.3, 0.4) is 0 Å². The number of nitrogens with two attached hydrogens (primary N) is 1.